The zero-order valence-corrected chi connectivity index (χ0v) is 24.0. The first-order chi connectivity index (χ1) is 17.4. The average Bonchev–Trinajstić information content (AvgIpc) is 3.37. The monoisotopic (exact) mass is 598 g/mol. The van der Waals surface area contributed by atoms with Crippen LogP contribution >= 0.6 is 38.9 Å². The molecule has 0 saturated heterocycles. The number of ether oxygens (including phenoxy) is 1. The third-order valence-electron chi connectivity index (χ3n) is 5.90. The number of thiazole rings is 1. The molecule has 0 aliphatic rings. The van der Waals surface area contributed by atoms with Crippen LogP contribution in [0.2, 0.25) is 5.02 Å². The number of halogens is 2. The van der Waals surface area contributed by atoms with Gasteiger partial charge in [-0.25, -0.2) is 19.4 Å². The molecule has 1 N–H and O–H groups in total. The molecular formula is C27H24BrClN4O3S. The van der Waals surface area contributed by atoms with Crippen LogP contribution in [-0.2, 0) is 16.6 Å². The Kier molecular flexibility index (Phi) is 6.60. The number of pyridine rings is 1. The molecule has 10 heteroatoms. The smallest absolute Gasteiger partial charge is 0.337 e. The van der Waals surface area contributed by atoms with Crippen LogP contribution in [0.1, 0.15) is 38.0 Å². The fourth-order valence-corrected chi connectivity index (χ4v) is 6.14. The number of aromatic nitrogens is 4. The lowest BCUT2D eigenvalue weighted by molar-refractivity contribution is -0.160. The highest BCUT2D eigenvalue weighted by atomic mass is 79.9. The molecule has 7 nitrogen and oxygen atoms in total. The van der Waals surface area contributed by atoms with E-state index in [1.807, 2.05) is 59.0 Å². The number of aliphatic carboxylic acids is 1. The van der Waals surface area contributed by atoms with Crippen LogP contribution in [-0.4, -0.2) is 36.4 Å². The second-order valence-electron chi connectivity index (χ2n) is 9.81. The Labute approximate surface area is 231 Å². The second-order valence-corrected chi connectivity index (χ2v) is 12.0. The van der Waals surface area contributed by atoms with Crippen LogP contribution in [0.25, 0.3) is 42.9 Å². The Hall–Kier alpha value is -2.85. The maximum atomic E-state index is 12.5. The van der Waals surface area contributed by atoms with E-state index in [1.54, 1.807) is 23.0 Å². The van der Waals surface area contributed by atoms with E-state index in [1.165, 1.54) is 11.3 Å². The number of aryl methyl sites for hydroxylation is 2. The van der Waals surface area contributed by atoms with E-state index in [-0.39, 0.29) is 0 Å². The Morgan fingerprint density at radius 2 is 1.89 bits per heavy atom. The lowest BCUT2D eigenvalue weighted by Crippen LogP contribution is -2.28. The van der Waals surface area contributed by atoms with E-state index in [2.05, 4.69) is 26.0 Å². The van der Waals surface area contributed by atoms with E-state index >= 15 is 0 Å². The van der Waals surface area contributed by atoms with E-state index in [0.717, 1.165) is 48.5 Å². The molecule has 0 fully saturated rings. The highest BCUT2D eigenvalue weighted by Gasteiger charge is 2.32. The number of nitrogens with zero attached hydrogens (tertiary/aromatic N) is 4. The molecule has 2 aromatic carbocycles. The molecule has 0 radical (unpaired) electrons. The number of carboxylic acid groups (broad SMARTS) is 1. The highest BCUT2D eigenvalue weighted by Crippen LogP contribution is 2.44. The Bertz CT molecular complexity index is 1670. The molecule has 0 aliphatic heterocycles. The van der Waals surface area contributed by atoms with Gasteiger partial charge in [0, 0.05) is 35.0 Å². The minimum atomic E-state index is -1.16. The summed E-state index contributed by atoms with van der Waals surface area (Å²) in [6.45, 7) is 7.45. The predicted molar refractivity (Wildman–Crippen MR) is 151 cm³/mol. The number of hydrogen-bond acceptors (Lipinski definition) is 6. The molecule has 190 valence electrons. The minimum Gasteiger partial charge on any atom is -0.479 e. The van der Waals surface area contributed by atoms with Gasteiger partial charge in [-0.2, -0.15) is 5.10 Å². The number of hydrogen-bond donors (Lipinski definition) is 1. The minimum absolute atomic E-state index is 0.598. The first-order valence-corrected chi connectivity index (χ1v) is 13.5. The zero-order valence-electron chi connectivity index (χ0n) is 20.8. The Morgan fingerprint density at radius 3 is 2.54 bits per heavy atom. The van der Waals surface area contributed by atoms with Crippen molar-refractivity contribution in [2.24, 2.45) is 7.05 Å². The van der Waals surface area contributed by atoms with Crippen molar-refractivity contribution in [2.75, 3.05) is 0 Å². The summed E-state index contributed by atoms with van der Waals surface area (Å²) < 4.78 is 9.39. The van der Waals surface area contributed by atoms with Gasteiger partial charge in [-0.1, -0.05) is 23.7 Å². The van der Waals surface area contributed by atoms with Gasteiger partial charge in [0.1, 0.15) is 9.61 Å². The molecule has 0 unspecified atom stereocenters. The molecule has 1 atom stereocenters. The molecule has 37 heavy (non-hydrogen) atoms. The first-order valence-electron chi connectivity index (χ1n) is 11.5. The van der Waals surface area contributed by atoms with Crippen molar-refractivity contribution in [3.63, 3.8) is 0 Å². The van der Waals surface area contributed by atoms with Gasteiger partial charge in [-0.3, -0.25) is 0 Å². The van der Waals surface area contributed by atoms with Crippen LogP contribution in [0, 0.1) is 6.92 Å². The van der Waals surface area contributed by atoms with Crippen LogP contribution in [0.5, 0.6) is 0 Å². The van der Waals surface area contributed by atoms with Crippen molar-refractivity contribution >= 4 is 66.1 Å². The van der Waals surface area contributed by atoms with Crippen LogP contribution in [0.3, 0.4) is 0 Å². The molecule has 0 bridgehead atoms. The first kappa shape index (κ1) is 25.8. The zero-order chi connectivity index (χ0) is 26.6. The molecule has 5 aromatic rings. The summed E-state index contributed by atoms with van der Waals surface area (Å²) in [5.74, 6) is -1.05. The van der Waals surface area contributed by atoms with Gasteiger partial charge in [-0.15, -0.1) is 11.3 Å². The quantitative estimate of drug-likeness (QED) is 0.224. The molecule has 3 heterocycles. The van der Waals surface area contributed by atoms with Crippen LogP contribution < -0.4 is 0 Å². The molecule has 0 amide bonds. The largest absolute Gasteiger partial charge is 0.479 e. The molecule has 0 saturated carbocycles. The molecular weight excluding hydrogens is 576 g/mol. The lowest BCUT2D eigenvalue weighted by atomic mass is 9.91. The van der Waals surface area contributed by atoms with Gasteiger partial charge in [0.15, 0.2) is 11.8 Å². The third kappa shape index (κ3) is 4.88. The summed E-state index contributed by atoms with van der Waals surface area (Å²) in [5, 5.41) is 16.9. The van der Waals surface area contributed by atoms with E-state index < -0.39 is 17.7 Å². The second kappa shape index (κ2) is 9.47. The van der Waals surface area contributed by atoms with Gasteiger partial charge in [0.2, 0.25) is 0 Å². The van der Waals surface area contributed by atoms with E-state index in [9.17, 15) is 9.90 Å². The summed E-state index contributed by atoms with van der Waals surface area (Å²) in [4.78, 5) is 22.0. The standard InChI is InChI=1S/C27H24BrClN4O3S/c1-13-10-18-22(37-25(31-18)15-11-17-23(28)32-33(5)24(17)30-12-15)20(14-6-8-16(29)9-7-14)19(13)21(26(34)35)36-27(2,3)4/h6-12,21H,1-5H3,(H,34,35)/t21-/m0/s1. The summed E-state index contributed by atoms with van der Waals surface area (Å²) in [6.07, 6.45) is 0.622. The van der Waals surface area contributed by atoms with Crippen molar-refractivity contribution in [1.29, 1.82) is 0 Å². The van der Waals surface area contributed by atoms with Crippen molar-refractivity contribution in [3.8, 4) is 21.7 Å². The van der Waals surface area contributed by atoms with Crippen LogP contribution in [0.4, 0.5) is 0 Å². The lowest BCUT2D eigenvalue weighted by Gasteiger charge is -2.28. The van der Waals surface area contributed by atoms with Crippen LogP contribution in [0.15, 0.2) is 47.2 Å². The van der Waals surface area contributed by atoms with Gasteiger partial charge in [-0.05, 0) is 79.0 Å². The summed E-state index contributed by atoms with van der Waals surface area (Å²) >= 11 is 11.2. The number of carbonyl (C=O) groups is 1. The Balaban J connectivity index is 1.78. The van der Waals surface area contributed by atoms with Gasteiger partial charge >= 0.3 is 5.97 Å². The van der Waals surface area contributed by atoms with Crippen molar-refractivity contribution in [2.45, 2.75) is 39.4 Å². The van der Waals surface area contributed by atoms with E-state index in [4.69, 9.17) is 21.3 Å². The van der Waals surface area contributed by atoms with Crippen molar-refractivity contribution in [1.82, 2.24) is 19.7 Å². The fourth-order valence-electron chi connectivity index (χ4n) is 4.38. The topological polar surface area (TPSA) is 90.1 Å². The van der Waals surface area contributed by atoms with E-state index in [0.29, 0.717) is 15.2 Å². The molecule has 0 spiro atoms. The van der Waals surface area contributed by atoms with Crippen molar-refractivity contribution in [3.05, 3.63) is 63.3 Å². The predicted octanol–water partition coefficient (Wildman–Crippen LogP) is 7.58. The van der Waals surface area contributed by atoms with Crippen molar-refractivity contribution < 1.29 is 14.6 Å². The molecule has 5 rings (SSSR count). The fraction of sp³-hybridized carbons (Fsp3) is 0.259. The summed E-state index contributed by atoms with van der Waals surface area (Å²) in [7, 11) is 1.85. The third-order valence-corrected chi connectivity index (χ3v) is 7.87. The normalized spacial score (nSPS) is 12.9. The van der Waals surface area contributed by atoms with Gasteiger partial charge in [0.05, 0.1) is 21.2 Å². The highest BCUT2D eigenvalue weighted by molar-refractivity contribution is 9.10. The molecule has 0 aliphatic carbocycles. The maximum Gasteiger partial charge on any atom is 0.337 e. The number of carboxylic acids is 1. The summed E-state index contributed by atoms with van der Waals surface area (Å²) in [5.41, 5.74) is 4.74. The summed E-state index contributed by atoms with van der Waals surface area (Å²) in [6, 6.07) is 11.3. The average molecular weight is 600 g/mol. The number of fused-ring (bicyclic) bond motifs is 2. The number of benzene rings is 2. The SMILES string of the molecule is Cc1cc2nc(-c3cnc4c(c3)c(Br)nn4C)sc2c(-c2ccc(Cl)cc2)c1[C@H](OC(C)(C)C)C(=O)O. The maximum absolute atomic E-state index is 12.5. The Morgan fingerprint density at radius 1 is 1.19 bits per heavy atom. The van der Waals surface area contributed by atoms with Gasteiger partial charge in [0.25, 0.3) is 0 Å². The molecule has 3 aromatic heterocycles. The van der Waals surface area contributed by atoms with Gasteiger partial charge < -0.3 is 9.84 Å². The number of rotatable bonds is 5.